The molecule has 0 radical (unpaired) electrons. The number of carboxylic acids is 4. The van der Waals surface area contributed by atoms with Gasteiger partial charge in [-0.25, -0.2) is 0 Å². The van der Waals surface area contributed by atoms with E-state index < -0.39 is 83.2 Å². The van der Waals surface area contributed by atoms with E-state index in [1.54, 1.807) is 67.6 Å². The van der Waals surface area contributed by atoms with Crippen LogP contribution in [-0.4, -0.2) is 110 Å². The minimum absolute atomic E-state index is 0.0239. The maximum atomic E-state index is 13.1. The van der Waals surface area contributed by atoms with E-state index in [1.807, 2.05) is 0 Å². The first kappa shape index (κ1) is 38.5. The maximum Gasteiger partial charge on any atom is 0.268 e. The van der Waals surface area contributed by atoms with Crippen LogP contribution in [0.5, 0.6) is 0 Å². The fourth-order valence-electron chi connectivity index (χ4n) is 4.74. The van der Waals surface area contributed by atoms with Gasteiger partial charge in [-0.3, -0.25) is 19.3 Å². The average Bonchev–Trinajstić information content (AvgIpc) is 2.96. The maximum absolute atomic E-state index is 13.1. The molecule has 0 aliphatic carbocycles. The van der Waals surface area contributed by atoms with E-state index in [0.717, 1.165) is 16.0 Å². The summed E-state index contributed by atoms with van der Waals surface area (Å²) in [6.07, 6.45) is -0.530. The van der Waals surface area contributed by atoms with Crippen molar-refractivity contribution in [3.05, 3.63) is 71.8 Å². The van der Waals surface area contributed by atoms with Crippen molar-refractivity contribution in [2.75, 3.05) is 59.0 Å². The van der Waals surface area contributed by atoms with Crippen molar-refractivity contribution in [2.45, 2.75) is 31.9 Å². The molecule has 0 aromatic heterocycles. The van der Waals surface area contributed by atoms with Crippen LogP contribution < -0.4 is 25.3 Å². The molecule has 0 N–H and O–H groups in total. The first-order valence-corrected chi connectivity index (χ1v) is 15.9. The number of carboxylic acid groups (broad SMARTS) is 4. The lowest BCUT2D eigenvalue weighted by atomic mass is 10.0. The summed E-state index contributed by atoms with van der Waals surface area (Å²) in [7, 11) is -5.14. The number of phosphoric acid groups is 1. The Bertz CT molecular complexity index is 1240. The minimum atomic E-state index is -5.14. The molecular weight excluding hydrogens is 625 g/mol. The molecule has 0 saturated carbocycles. The largest absolute Gasteiger partial charge is 0.756 e. The topological polar surface area (TPSA) is 229 Å². The number of likely N-dealkylation sites (N-methyl/N-ethyl adjacent to an activating group) is 1. The van der Waals surface area contributed by atoms with Crippen LogP contribution in [0.3, 0.4) is 0 Å². The van der Waals surface area contributed by atoms with Gasteiger partial charge in [0.1, 0.15) is 0 Å². The third kappa shape index (κ3) is 16.0. The molecule has 0 aliphatic heterocycles. The van der Waals surface area contributed by atoms with E-state index in [1.165, 1.54) is 9.80 Å². The van der Waals surface area contributed by atoms with Crippen LogP contribution in [0.2, 0.25) is 0 Å². The van der Waals surface area contributed by atoms with Crippen molar-refractivity contribution in [1.82, 2.24) is 14.7 Å². The van der Waals surface area contributed by atoms with Gasteiger partial charge in [-0.15, -0.1) is 0 Å². The van der Waals surface area contributed by atoms with Crippen molar-refractivity contribution in [3.63, 3.8) is 0 Å². The molecule has 0 heterocycles. The van der Waals surface area contributed by atoms with E-state index >= 15 is 0 Å². The number of aliphatic carboxylic acids is 4. The van der Waals surface area contributed by atoms with Gasteiger partial charge in [0, 0.05) is 51.9 Å². The Balaban J connectivity index is 2.29. The number of benzene rings is 2. The third-order valence-electron chi connectivity index (χ3n) is 6.85. The van der Waals surface area contributed by atoms with Crippen LogP contribution in [0.1, 0.15) is 18.1 Å². The van der Waals surface area contributed by atoms with Gasteiger partial charge in [0.25, 0.3) is 7.82 Å². The average molecular weight is 663 g/mol. The van der Waals surface area contributed by atoms with Gasteiger partial charge in [-0.2, -0.15) is 0 Å². The zero-order chi connectivity index (χ0) is 34.1. The van der Waals surface area contributed by atoms with Crippen LogP contribution in [0.15, 0.2) is 60.7 Å². The molecule has 0 bridgehead atoms. The molecule has 2 aromatic carbocycles. The summed E-state index contributed by atoms with van der Waals surface area (Å²) in [5.74, 6) is -6.30. The summed E-state index contributed by atoms with van der Waals surface area (Å²) in [5, 5.41) is 45.5. The standard InChI is InChI=1S/C30H42N3O12P/c1-2-31(18-27(34)35)13-14-32(19-28(36)37)17-25(33(20-29(38)39)21-30(40)41)22-44-46(42,43)45-26(15-23-9-5-3-6-10-23)16-24-11-7-4-8-12-24/h3-12,25-26H,2,13-22H2,1H3,(H,34,35)(H,36,37)(H,38,39)(H,40,41)(H,42,43)/p-5. The quantitative estimate of drug-likeness (QED) is 0.0967. The summed E-state index contributed by atoms with van der Waals surface area (Å²) in [5.41, 5.74) is 1.57. The SMILES string of the molecule is CCN(CCN(CC(=O)[O-])CC(COP(=O)([O-])OC(Cc1ccccc1)Cc1ccccc1)N(CC(=O)[O-])CC(=O)[O-])CC(=O)[O-]. The van der Waals surface area contributed by atoms with Crippen molar-refractivity contribution in [1.29, 1.82) is 0 Å². The summed E-state index contributed by atoms with van der Waals surface area (Å²) in [6.45, 7) is -2.54. The van der Waals surface area contributed by atoms with Gasteiger partial charge in [0.15, 0.2) is 0 Å². The van der Waals surface area contributed by atoms with Gasteiger partial charge in [0.2, 0.25) is 0 Å². The van der Waals surface area contributed by atoms with Crippen LogP contribution in [0.4, 0.5) is 0 Å². The third-order valence-corrected chi connectivity index (χ3v) is 7.87. The Morgan fingerprint density at radius 1 is 0.717 bits per heavy atom. The summed E-state index contributed by atoms with van der Waals surface area (Å²) in [4.78, 5) is 62.1. The molecule has 0 aliphatic rings. The predicted molar refractivity (Wildman–Crippen MR) is 153 cm³/mol. The lowest BCUT2D eigenvalue weighted by molar-refractivity contribution is -0.312. The predicted octanol–water partition coefficient (Wildman–Crippen LogP) is -4.36. The summed E-state index contributed by atoms with van der Waals surface area (Å²) < 4.78 is 23.8. The molecule has 0 spiro atoms. The van der Waals surface area contributed by atoms with E-state index in [2.05, 4.69) is 0 Å². The fourth-order valence-corrected chi connectivity index (χ4v) is 5.67. The number of carbonyl (C=O) groups is 4. The lowest BCUT2D eigenvalue weighted by Gasteiger charge is -2.38. The van der Waals surface area contributed by atoms with Crippen molar-refractivity contribution < 1.29 is 58.1 Å². The second-order valence-electron chi connectivity index (χ2n) is 10.5. The number of rotatable bonds is 24. The molecule has 0 saturated heterocycles. The molecule has 15 nitrogen and oxygen atoms in total. The highest BCUT2D eigenvalue weighted by molar-refractivity contribution is 7.45. The molecule has 2 rings (SSSR count). The molecule has 0 fully saturated rings. The normalized spacial score (nSPS) is 13.6. The van der Waals surface area contributed by atoms with Crippen LogP contribution in [0, 0.1) is 0 Å². The number of nitrogens with zero attached hydrogens (tertiary/aromatic N) is 3. The van der Waals surface area contributed by atoms with Gasteiger partial charge < -0.3 is 53.5 Å². The molecule has 254 valence electrons. The van der Waals surface area contributed by atoms with Gasteiger partial charge in [-0.1, -0.05) is 67.6 Å². The molecule has 2 unspecified atom stereocenters. The highest BCUT2D eigenvalue weighted by atomic mass is 31.2. The number of hydrogen-bond acceptors (Lipinski definition) is 15. The molecular formula is C30H37N3O12P-5. The highest BCUT2D eigenvalue weighted by Gasteiger charge is 2.27. The fraction of sp³-hybridized carbons (Fsp3) is 0.467. The second-order valence-corrected chi connectivity index (χ2v) is 11.9. The number of hydrogen-bond donors (Lipinski definition) is 0. The monoisotopic (exact) mass is 662 g/mol. The minimum Gasteiger partial charge on any atom is -0.756 e. The van der Waals surface area contributed by atoms with E-state index in [-0.39, 0.29) is 32.5 Å². The lowest BCUT2D eigenvalue weighted by Crippen LogP contribution is -2.55. The van der Waals surface area contributed by atoms with Gasteiger partial charge >= 0.3 is 0 Å². The van der Waals surface area contributed by atoms with Gasteiger partial charge in [-0.05, 0) is 30.5 Å². The molecule has 2 aromatic rings. The Morgan fingerprint density at radius 3 is 1.59 bits per heavy atom. The van der Waals surface area contributed by atoms with Crippen LogP contribution in [0.25, 0.3) is 0 Å². The highest BCUT2D eigenvalue weighted by Crippen LogP contribution is 2.41. The molecule has 46 heavy (non-hydrogen) atoms. The smallest absolute Gasteiger partial charge is 0.268 e. The van der Waals surface area contributed by atoms with Crippen LogP contribution in [-0.2, 0) is 45.6 Å². The Kier molecular flexibility index (Phi) is 16.5. The van der Waals surface area contributed by atoms with Gasteiger partial charge in [0.05, 0.1) is 36.6 Å². The molecule has 2 atom stereocenters. The van der Waals surface area contributed by atoms with Crippen molar-refractivity contribution in [2.24, 2.45) is 0 Å². The van der Waals surface area contributed by atoms with Crippen molar-refractivity contribution in [3.8, 4) is 0 Å². The summed E-state index contributed by atoms with van der Waals surface area (Å²) >= 11 is 0. The zero-order valence-electron chi connectivity index (χ0n) is 25.4. The second kappa shape index (κ2) is 19.7. The zero-order valence-corrected chi connectivity index (χ0v) is 26.3. The van der Waals surface area contributed by atoms with Crippen molar-refractivity contribution >= 4 is 31.7 Å². The molecule has 16 heteroatoms. The first-order valence-electron chi connectivity index (χ1n) is 14.5. The van der Waals surface area contributed by atoms with E-state index in [9.17, 15) is 49.1 Å². The molecule has 0 amide bonds. The number of phosphoric ester groups is 1. The Morgan fingerprint density at radius 2 is 1.15 bits per heavy atom. The van der Waals surface area contributed by atoms with E-state index in [4.69, 9.17) is 9.05 Å². The Labute approximate surface area is 267 Å². The summed E-state index contributed by atoms with van der Waals surface area (Å²) in [6, 6.07) is 16.6. The number of carbonyl (C=O) groups excluding carboxylic acids is 4. The Hall–Kier alpha value is -3.69. The van der Waals surface area contributed by atoms with E-state index in [0.29, 0.717) is 0 Å². The van der Waals surface area contributed by atoms with Crippen LogP contribution >= 0.6 is 7.82 Å². The first-order chi connectivity index (χ1) is 21.8.